The van der Waals surface area contributed by atoms with E-state index in [1.807, 2.05) is 13.8 Å². The van der Waals surface area contributed by atoms with Crippen LogP contribution in [0.1, 0.15) is 18.3 Å². The summed E-state index contributed by atoms with van der Waals surface area (Å²) in [4.78, 5) is 8.71. The molecule has 0 aliphatic heterocycles. The molecule has 0 radical (unpaired) electrons. The van der Waals surface area contributed by atoms with Gasteiger partial charge in [0, 0.05) is 23.7 Å². The third-order valence-electron chi connectivity index (χ3n) is 3.03. The summed E-state index contributed by atoms with van der Waals surface area (Å²) in [6.07, 6.45) is 0. The molecule has 20 heavy (non-hydrogen) atoms. The third kappa shape index (κ3) is 2.71. The highest BCUT2D eigenvalue weighted by Gasteiger charge is 2.14. The van der Waals surface area contributed by atoms with Crippen molar-refractivity contribution in [1.29, 1.82) is 0 Å². The molecule has 0 bridgehead atoms. The first-order chi connectivity index (χ1) is 9.56. The fraction of sp³-hybridized carbons (Fsp3) is 0.333. The van der Waals surface area contributed by atoms with Gasteiger partial charge in [-0.3, -0.25) is 0 Å². The Hall–Kier alpha value is -2.17. The number of anilines is 1. The third-order valence-corrected chi connectivity index (χ3v) is 3.03. The maximum atomic E-state index is 14.2. The van der Waals surface area contributed by atoms with Crippen LogP contribution >= 0.6 is 0 Å². The van der Waals surface area contributed by atoms with Crippen molar-refractivity contribution in [3.63, 3.8) is 0 Å². The molecular weight excluding hydrogens is 257 g/mol. The second kappa shape index (κ2) is 5.86. The molecule has 0 unspecified atom stereocenters. The van der Waals surface area contributed by atoms with Crippen molar-refractivity contribution in [2.45, 2.75) is 20.8 Å². The minimum Gasteiger partial charge on any atom is -0.497 e. The first-order valence-corrected chi connectivity index (χ1v) is 6.49. The minimum atomic E-state index is -0.354. The second-order valence-electron chi connectivity index (χ2n) is 4.47. The molecule has 0 aliphatic rings. The van der Waals surface area contributed by atoms with Gasteiger partial charge in [0.2, 0.25) is 0 Å². The number of hydrogen-bond acceptors (Lipinski definition) is 4. The van der Waals surface area contributed by atoms with Crippen molar-refractivity contribution in [1.82, 2.24) is 9.97 Å². The van der Waals surface area contributed by atoms with Crippen LogP contribution in [0.3, 0.4) is 0 Å². The van der Waals surface area contributed by atoms with Gasteiger partial charge in [-0.15, -0.1) is 0 Å². The zero-order valence-electron chi connectivity index (χ0n) is 12.1. The van der Waals surface area contributed by atoms with Gasteiger partial charge in [-0.2, -0.15) is 0 Å². The zero-order chi connectivity index (χ0) is 14.7. The van der Waals surface area contributed by atoms with E-state index in [-0.39, 0.29) is 5.82 Å². The Morgan fingerprint density at radius 1 is 1.25 bits per heavy atom. The Morgan fingerprint density at radius 3 is 2.60 bits per heavy atom. The lowest BCUT2D eigenvalue weighted by molar-refractivity contribution is 0.411. The Labute approximate surface area is 118 Å². The van der Waals surface area contributed by atoms with Gasteiger partial charge >= 0.3 is 0 Å². The van der Waals surface area contributed by atoms with E-state index in [0.717, 1.165) is 17.9 Å². The van der Waals surface area contributed by atoms with Crippen LogP contribution in [-0.4, -0.2) is 23.6 Å². The molecule has 1 aromatic carbocycles. The number of nitrogens with zero attached hydrogens (tertiary/aromatic N) is 2. The summed E-state index contributed by atoms with van der Waals surface area (Å²) >= 11 is 0. The monoisotopic (exact) mass is 275 g/mol. The molecule has 2 aromatic rings. The molecule has 1 N–H and O–H groups in total. The molecule has 0 amide bonds. The van der Waals surface area contributed by atoms with Crippen LogP contribution in [0.5, 0.6) is 5.75 Å². The lowest BCUT2D eigenvalue weighted by Crippen LogP contribution is -2.06. The van der Waals surface area contributed by atoms with E-state index >= 15 is 0 Å². The normalized spacial score (nSPS) is 10.4. The second-order valence-corrected chi connectivity index (χ2v) is 4.47. The summed E-state index contributed by atoms with van der Waals surface area (Å²) in [5.41, 5.74) is 1.89. The topological polar surface area (TPSA) is 47.0 Å². The number of aryl methyl sites for hydroxylation is 1. The standard InChI is InChI=1S/C15H18FN3O/c1-5-17-15-9(2)14(18-10(3)19-15)12-7-6-11(20-4)8-13(12)16/h6-8H,5H2,1-4H3,(H,17,18,19). The first-order valence-electron chi connectivity index (χ1n) is 6.49. The molecular formula is C15H18FN3O. The van der Waals surface area contributed by atoms with Gasteiger partial charge in [0.05, 0.1) is 12.8 Å². The fourth-order valence-corrected chi connectivity index (χ4v) is 2.05. The molecule has 4 nitrogen and oxygen atoms in total. The molecule has 0 spiro atoms. The van der Waals surface area contributed by atoms with E-state index in [4.69, 9.17) is 4.74 Å². The molecule has 1 heterocycles. The first kappa shape index (κ1) is 14.2. The largest absolute Gasteiger partial charge is 0.497 e. The van der Waals surface area contributed by atoms with Crippen LogP contribution in [0.25, 0.3) is 11.3 Å². The molecule has 5 heteroatoms. The van der Waals surface area contributed by atoms with Crippen LogP contribution in [0.2, 0.25) is 0 Å². The molecule has 0 saturated carbocycles. The highest BCUT2D eigenvalue weighted by atomic mass is 19.1. The quantitative estimate of drug-likeness (QED) is 0.929. The number of methoxy groups -OCH3 is 1. The van der Waals surface area contributed by atoms with E-state index in [1.54, 1.807) is 19.1 Å². The van der Waals surface area contributed by atoms with Gasteiger partial charge < -0.3 is 10.1 Å². The molecule has 2 rings (SSSR count). The number of nitrogens with one attached hydrogen (secondary N) is 1. The Kier molecular flexibility index (Phi) is 4.17. The SMILES string of the molecule is CCNc1nc(C)nc(-c2ccc(OC)cc2F)c1C. The number of benzene rings is 1. The maximum absolute atomic E-state index is 14.2. The lowest BCUT2D eigenvalue weighted by Gasteiger charge is -2.13. The van der Waals surface area contributed by atoms with Gasteiger partial charge in [0.25, 0.3) is 0 Å². The van der Waals surface area contributed by atoms with Crippen molar-refractivity contribution in [3.8, 4) is 17.0 Å². The summed E-state index contributed by atoms with van der Waals surface area (Å²) in [5, 5.41) is 3.17. The average Bonchev–Trinajstić information content (AvgIpc) is 2.43. The van der Waals surface area contributed by atoms with Crippen molar-refractivity contribution in [2.75, 3.05) is 19.0 Å². The number of hydrogen-bond donors (Lipinski definition) is 1. The predicted molar refractivity (Wildman–Crippen MR) is 77.6 cm³/mol. The summed E-state index contributed by atoms with van der Waals surface area (Å²) in [6.45, 7) is 6.42. The Bertz CT molecular complexity index is 629. The van der Waals surface area contributed by atoms with Crippen LogP contribution in [0.15, 0.2) is 18.2 Å². The molecule has 0 atom stereocenters. The number of halogens is 1. The smallest absolute Gasteiger partial charge is 0.136 e. The highest BCUT2D eigenvalue weighted by Crippen LogP contribution is 2.29. The summed E-state index contributed by atoms with van der Waals surface area (Å²) < 4.78 is 19.2. The van der Waals surface area contributed by atoms with Crippen LogP contribution in [0, 0.1) is 19.7 Å². The molecule has 1 aromatic heterocycles. The van der Waals surface area contributed by atoms with Crippen LogP contribution in [0.4, 0.5) is 10.2 Å². The van der Waals surface area contributed by atoms with Crippen LogP contribution < -0.4 is 10.1 Å². The molecule has 0 saturated heterocycles. The summed E-state index contributed by atoms with van der Waals surface area (Å²) in [5.74, 6) is 1.48. The van der Waals surface area contributed by atoms with E-state index in [0.29, 0.717) is 22.8 Å². The number of rotatable bonds is 4. The van der Waals surface area contributed by atoms with Crippen molar-refractivity contribution in [3.05, 3.63) is 35.4 Å². The van der Waals surface area contributed by atoms with Crippen LogP contribution in [-0.2, 0) is 0 Å². The fourth-order valence-electron chi connectivity index (χ4n) is 2.05. The Balaban J connectivity index is 2.57. The lowest BCUT2D eigenvalue weighted by atomic mass is 10.1. The zero-order valence-corrected chi connectivity index (χ0v) is 12.1. The van der Waals surface area contributed by atoms with Crippen molar-refractivity contribution < 1.29 is 9.13 Å². The van der Waals surface area contributed by atoms with Crippen molar-refractivity contribution in [2.24, 2.45) is 0 Å². The van der Waals surface area contributed by atoms with Gasteiger partial charge in [0.1, 0.15) is 23.2 Å². The van der Waals surface area contributed by atoms with E-state index in [9.17, 15) is 4.39 Å². The molecule has 0 fully saturated rings. The summed E-state index contributed by atoms with van der Waals surface area (Å²) in [6, 6.07) is 4.76. The number of aromatic nitrogens is 2. The van der Waals surface area contributed by atoms with Gasteiger partial charge in [-0.1, -0.05) is 0 Å². The van der Waals surface area contributed by atoms with E-state index in [2.05, 4.69) is 15.3 Å². The van der Waals surface area contributed by atoms with Gasteiger partial charge in [-0.05, 0) is 32.9 Å². The molecule has 106 valence electrons. The van der Waals surface area contributed by atoms with E-state index < -0.39 is 0 Å². The number of ether oxygens (including phenoxy) is 1. The minimum absolute atomic E-state index is 0.354. The average molecular weight is 275 g/mol. The molecule has 0 aliphatic carbocycles. The predicted octanol–water partition coefficient (Wildman–Crippen LogP) is 3.34. The van der Waals surface area contributed by atoms with Crippen molar-refractivity contribution >= 4 is 5.82 Å². The summed E-state index contributed by atoms with van der Waals surface area (Å²) in [7, 11) is 1.51. The van der Waals surface area contributed by atoms with E-state index in [1.165, 1.54) is 13.2 Å². The maximum Gasteiger partial charge on any atom is 0.136 e. The highest BCUT2D eigenvalue weighted by molar-refractivity contribution is 5.69. The Morgan fingerprint density at radius 2 is 2.00 bits per heavy atom. The van der Waals surface area contributed by atoms with Gasteiger partial charge in [-0.25, -0.2) is 14.4 Å². The van der Waals surface area contributed by atoms with Gasteiger partial charge in [0.15, 0.2) is 0 Å².